The molecule has 0 saturated heterocycles. The van der Waals surface area contributed by atoms with Crippen LogP contribution in [-0.4, -0.2) is 11.7 Å². The first-order valence-corrected chi connectivity index (χ1v) is 5.76. The Kier molecular flexibility index (Phi) is 3.41. The Bertz CT molecular complexity index is 470. The van der Waals surface area contributed by atoms with Crippen LogP contribution >= 0.6 is 0 Å². The van der Waals surface area contributed by atoms with E-state index in [1.807, 2.05) is 0 Å². The molecule has 0 aliphatic heterocycles. The third-order valence-corrected chi connectivity index (χ3v) is 3.22. The van der Waals surface area contributed by atoms with E-state index in [1.54, 1.807) is 0 Å². The molecule has 0 amide bonds. The quantitative estimate of drug-likeness (QED) is 0.580. The van der Waals surface area contributed by atoms with Gasteiger partial charge in [-0.2, -0.15) is 0 Å². The number of rotatable bonds is 2. The summed E-state index contributed by atoms with van der Waals surface area (Å²) in [7, 11) is 0. The van der Waals surface area contributed by atoms with E-state index in [9.17, 15) is 22.4 Å². The monoisotopic (exact) mass is 260 g/mol. The van der Waals surface area contributed by atoms with Gasteiger partial charge in [0.15, 0.2) is 17.4 Å². The molecule has 1 saturated carbocycles. The SMILES string of the molecule is O=C(c1ccc(F)c(F)c1)C1CCCC(F)(F)C1. The Morgan fingerprint density at radius 1 is 1.22 bits per heavy atom. The van der Waals surface area contributed by atoms with Crippen molar-refractivity contribution in [2.75, 3.05) is 0 Å². The number of ketones is 1. The Morgan fingerprint density at radius 2 is 1.94 bits per heavy atom. The van der Waals surface area contributed by atoms with Crippen LogP contribution in [0.25, 0.3) is 0 Å². The molecule has 1 aliphatic rings. The van der Waals surface area contributed by atoms with E-state index in [1.165, 1.54) is 0 Å². The molecule has 1 aliphatic carbocycles. The maximum atomic E-state index is 13.2. The number of carbonyl (C=O) groups excluding carboxylic acids is 1. The van der Waals surface area contributed by atoms with E-state index in [-0.39, 0.29) is 18.4 Å². The van der Waals surface area contributed by atoms with Gasteiger partial charge in [-0.3, -0.25) is 4.79 Å². The molecule has 1 nitrogen and oxygen atoms in total. The number of hydrogen-bond donors (Lipinski definition) is 0. The lowest BCUT2D eigenvalue weighted by Gasteiger charge is -2.27. The molecular weight excluding hydrogens is 248 g/mol. The fourth-order valence-corrected chi connectivity index (χ4v) is 2.28. The maximum absolute atomic E-state index is 13.2. The average Bonchev–Trinajstić information content (AvgIpc) is 2.30. The summed E-state index contributed by atoms with van der Waals surface area (Å²) in [6.07, 6.45) is -0.0834. The molecule has 5 heteroatoms. The average molecular weight is 260 g/mol. The molecule has 2 rings (SSSR count). The molecule has 18 heavy (non-hydrogen) atoms. The second kappa shape index (κ2) is 4.71. The molecule has 1 unspecified atom stereocenters. The zero-order chi connectivity index (χ0) is 13.3. The number of Topliss-reactive ketones (excluding diaryl/α,β-unsaturated/α-hetero) is 1. The molecular formula is C13H12F4O. The van der Waals surface area contributed by atoms with Crippen LogP contribution in [0.4, 0.5) is 17.6 Å². The van der Waals surface area contributed by atoms with Crippen LogP contribution in [0.3, 0.4) is 0 Å². The van der Waals surface area contributed by atoms with Crippen LogP contribution in [0.15, 0.2) is 18.2 Å². The molecule has 1 aromatic rings. The fraction of sp³-hybridized carbons (Fsp3) is 0.462. The van der Waals surface area contributed by atoms with Crippen LogP contribution in [0, 0.1) is 17.6 Å². The van der Waals surface area contributed by atoms with Gasteiger partial charge in [0.2, 0.25) is 5.92 Å². The van der Waals surface area contributed by atoms with Crippen molar-refractivity contribution in [2.24, 2.45) is 5.92 Å². The minimum absolute atomic E-state index is 0.0448. The summed E-state index contributed by atoms with van der Waals surface area (Å²) in [6.45, 7) is 0. The number of halogens is 4. The first kappa shape index (κ1) is 13.1. The van der Waals surface area contributed by atoms with E-state index in [0.717, 1.165) is 18.2 Å². The molecule has 1 atom stereocenters. The topological polar surface area (TPSA) is 17.1 Å². The predicted octanol–water partition coefficient (Wildman–Crippen LogP) is 3.97. The van der Waals surface area contributed by atoms with Crippen molar-refractivity contribution < 1.29 is 22.4 Å². The van der Waals surface area contributed by atoms with Crippen molar-refractivity contribution in [1.29, 1.82) is 0 Å². The van der Waals surface area contributed by atoms with Gasteiger partial charge in [-0.1, -0.05) is 0 Å². The molecule has 0 heterocycles. The summed E-state index contributed by atoms with van der Waals surface area (Å²) in [6, 6.07) is 2.74. The summed E-state index contributed by atoms with van der Waals surface area (Å²) < 4.78 is 52.1. The summed E-state index contributed by atoms with van der Waals surface area (Å²) in [4.78, 5) is 11.9. The zero-order valence-corrected chi connectivity index (χ0v) is 9.56. The van der Waals surface area contributed by atoms with Crippen molar-refractivity contribution >= 4 is 5.78 Å². The molecule has 0 spiro atoms. The third-order valence-electron chi connectivity index (χ3n) is 3.22. The van der Waals surface area contributed by atoms with E-state index in [0.29, 0.717) is 6.42 Å². The highest BCUT2D eigenvalue weighted by Gasteiger charge is 2.39. The van der Waals surface area contributed by atoms with Gasteiger partial charge < -0.3 is 0 Å². The van der Waals surface area contributed by atoms with Gasteiger partial charge in [0.05, 0.1) is 0 Å². The Morgan fingerprint density at radius 3 is 2.56 bits per heavy atom. The lowest BCUT2D eigenvalue weighted by Crippen LogP contribution is -2.30. The highest BCUT2D eigenvalue weighted by Crippen LogP contribution is 2.38. The molecule has 0 aromatic heterocycles. The van der Waals surface area contributed by atoms with Gasteiger partial charge in [-0.05, 0) is 31.0 Å². The highest BCUT2D eigenvalue weighted by molar-refractivity contribution is 5.97. The van der Waals surface area contributed by atoms with Gasteiger partial charge >= 0.3 is 0 Å². The van der Waals surface area contributed by atoms with Crippen LogP contribution in [0.1, 0.15) is 36.0 Å². The lowest BCUT2D eigenvalue weighted by molar-refractivity contribution is -0.0477. The first-order chi connectivity index (χ1) is 8.39. The van der Waals surface area contributed by atoms with Crippen LogP contribution in [-0.2, 0) is 0 Å². The normalized spacial score (nSPS) is 22.8. The van der Waals surface area contributed by atoms with E-state index in [2.05, 4.69) is 0 Å². The van der Waals surface area contributed by atoms with Gasteiger partial charge in [0.25, 0.3) is 0 Å². The largest absolute Gasteiger partial charge is 0.294 e. The van der Waals surface area contributed by atoms with Crippen LogP contribution in [0.2, 0.25) is 0 Å². The van der Waals surface area contributed by atoms with E-state index in [4.69, 9.17) is 0 Å². The van der Waals surface area contributed by atoms with Gasteiger partial charge in [-0.25, -0.2) is 17.6 Å². The van der Waals surface area contributed by atoms with E-state index < -0.39 is 35.7 Å². The van der Waals surface area contributed by atoms with Crippen molar-refractivity contribution in [1.82, 2.24) is 0 Å². The minimum Gasteiger partial charge on any atom is -0.294 e. The molecule has 1 fully saturated rings. The number of alkyl halides is 2. The van der Waals surface area contributed by atoms with Crippen molar-refractivity contribution in [3.8, 4) is 0 Å². The number of benzene rings is 1. The van der Waals surface area contributed by atoms with Gasteiger partial charge in [0, 0.05) is 24.3 Å². The fourth-order valence-electron chi connectivity index (χ4n) is 2.28. The Hall–Kier alpha value is -1.39. The molecule has 0 bridgehead atoms. The summed E-state index contributed by atoms with van der Waals surface area (Å²) in [5.41, 5.74) is -0.0448. The second-order valence-electron chi connectivity index (χ2n) is 4.64. The maximum Gasteiger partial charge on any atom is 0.248 e. The van der Waals surface area contributed by atoms with Crippen LogP contribution < -0.4 is 0 Å². The van der Waals surface area contributed by atoms with Crippen molar-refractivity contribution in [3.63, 3.8) is 0 Å². The minimum atomic E-state index is -2.84. The zero-order valence-electron chi connectivity index (χ0n) is 9.56. The molecule has 0 N–H and O–H groups in total. The molecule has 0 radical (unpaired) electrons. The smallest absolute Gasteiger partial charge is 0.248 e. The highest BCUT2D eigenvalue weighted by atomic mass is 19.3. The predicted molar refractivity (Wildman–Crippen MR) is 57.6 cm³/mol. The van der Waals surface area contributed by atoms with Crippen LogP contribution in [0.5, 0.6) is 0 Å². The lowest BCUT2D eigenvalue weighted by atomic mass is 9.82. The summed E-state index contributed by atoms with van der Waals surface area (Å²) >= 11 is 0. The number of carbonyl (C=O) groups is 1. The Balaban J connectivity index is 2.18. The van der Waals surface area contributed by atoms with Crippen molar-refractivity contribution in [3.05, 3.63) is 35.4 Å². The van der Waals surface area contributed by atoms with E-state index >= 15 is 0 Å². The summed E-state index contributed by atoms with van der Waals surface area (Å²) in [5, 5.41) is 0. The first-order valence-electron chi connectivity index (χ1n) is 5.76. The van der Waals surface area contributed by atoms with Gasteiger partial charge in [0.1, 0.15) is 0 Å². The summed E-state index contributed by atoms with van der Waals surface area (Å²) in [5.74, 6) is -6.37. The third kappa shape index (κ3) is 2.71. The molecule has 98 valence electrons. The Labute approximate surface area is 102 Å². The van der Waals surface area contributed by atoms with Crippen molar-refractivity contribution in [2.45, 2.75) is 31.6 Å². The van der Waals surface area contributed by atoms with Gasteiger partial charge in [-0.15, -0.1) is 0 Å². The standard InChI is InChI=1S/C13H12F4O/c14-10-4-3-8(6-11(10)15)12(18)9-2-1-5-13(16,17)7-9/h3-4,6,9H,1-2,5,7H2. The second-order valence-corrected chi connectivity index (χ2v) is 4.64. The number of hydrogen-bond acceptors (Lipinski definition) is 1. The molecule has 1 aromatic carbocycles.